The van der Waals surface area contributed by atoms with Crippen LogP contribution in [0.5, 0.6) is 0 Å². The largest absolute Gasteiger partial charge is 0.299 e. The molecule has 0 aliphatic rings. The second-order valence-corrected chi connectivity index (χ2v) is 4.78. The average Bonchev–Trinajstić information content (AvgIpc) is 2.49. The van der Waals surface area contributed by atoms with E-state index >= 15 is 0 Å². The number of benzene rings is 2. The van der Waals surface area contributed by atoms with Crippen LogP contribution in [0.4, 0.5) is 0 Å². The summed E-state index contributed by atoms with van der Waals surface area (Å²) in [6.07, 6.45) is 4.54. The van der Waals surface area contributed by atoms with Gasteiger partial charge < -0.3 is 0 Å². The second-order valence-electron chi connectivity index (χ2n) is 4.78. The van der Waals surface area contributed by atoms with Crippen molar-refractivity contribution in [1.29, 1.82) is 0 Å². The van der Waals surface area contributed by atoms with Crippen LogP contribution in [0.3, 0.4) is 0 Å². The van der Waals surface area contributed by atoms with Gasteiger partial charge in [-0.2, -0.15) is 0 Å². The third kappa shape index (κ3) is 3.79. The fourth-order valence-corrected chi connectivity index (χ4v) is 2.06. The van der Waals surface area contributed by atoms with Gasteiger partial charge in [0.05, 0.1) is 0 Å². The van der Waals surface area contributed by atoms with Crippen LogP contribution >= 0.6 is 0 Å². The Morgan fingerprint density at radius 2 is 1.10 bits per heavy atom. The van der Waals surface area contributed by atoms with E-state index in [1.807, 2.05) is 48.5 Å². The summed E-state index contributed by atoms with van der Waals surface area (Å²) in [5.41, 5.74) is 4.23. The highest BCUT2D eigenvalue weighted by Crippen LogP contribution is 2.10. The van der Waals surface area contributed by atoms with Gasteiger partial charge in [-0.25, -0.2) is 0 Å². The molecule has 0 atom stereocenters. The van der Waals surface area contributed by atoms with Crippen molar-refractivity contribution >= 4 is 17.9 Å². The molecule has 0 aromatic heterocycles. The fraction of sp³-hybridized carbons (Fsp3) is 0.105. The van der Waals surface area contributed by atoms with Crippen LogP contribution in [0.15, 0.2) is 61.7 Å². The number of hydrogen-bond donors (Lipinski definition) is 0. The lowest BCUT2D eigenvalue weighted by atomic mass is 10.0. The molecule has 2 aromatic carbocycles. The Morgan fingerprint density at radius 3 is 1.40 bits per heavy atom. The SMILES string of the molecule is C=Cc1ccc(CC(=O)Cc2ccc(C=C)cc2)cc1. The summed E-state index contributed by atoms with van der Waals surface area (Å²) in [6.45, 7) is 7.44. The molecular weight excluding hydrogens is 244 g/mol. The number of ketones is 1. The fourth-order valence-electron chi connectivity index (χ4n) is 2.06. The van der Waals surface area contributed by atoms with Crippen molar-refractivity contribution in [2.24, 2.45) is 0 Å². The number of Topliss-reactive ketones (excluding diaryl/α,β-unsaturated/α-hetero) is 1. The minimum Gasteiger partial charge on any atom is -0.299 e. The minimum atomic E-state index is 0.225. The minimum absolute atomic E-state index is 0.225. The van der Waals surface area contributed by atoms with Crippen molar-refractivity contribution in [3.63, 3.8) is 0 Å². The molecule has 0 saturated carbocycles. The van der Waals surface area contributed by atoms with Crippen molar-refractivity contribution in [3.8, 4) is 0 Å². The van der Waals surface area contributed by atoms with E-state index in [0.717, 1.165) is 22.3 Å². The Bertz CT molecular complexity index is 548. The first-order valence-corrected chi connectivity index (χ1v) is 6.65. The van der Waals surface area contributed by atoms with Gasteiger partial charge in [-0.15, -0.1) is 0 Å². The molecule has 0 bridgehead atoms. The van der Waals surface area contributed by atoms with E-state index in [1.165, 1.54) is 0 Å². The zero-order valence-corrected chi connectivity index (χ0v) is 11.5. The molecule has 0 unspecified atom stereocenters. The third-order valence-corrected chi connectivity index (χ3v) is 3.23. The molecule has 0 fully saturated rings. The highest BCUT2D eigenvalue weighted by molar-refractivity contribution is 5.83. The van der Waals surface area contributed by atoms with Crippen molar-refractivity contribution < 1.29 is 4.79 Å². The zero-order valence-electron chi connectivity index (χ0n) is 11.5. The van der Waals surface area contributed by atoms with E-state index in [4.69, 9.17) is 0 Å². The van der Waals surface area contributed by atoms with E-state index in [9.17, 15) is 4.79 Å². The summed E-state index contributed by atoms with van der Waals surface area (Å²) >= 11 is 0. The summed E-state index contributed by atoms with van der Waals surface area (Å²) in [7, 11) is 0. The van der Waals surface area contributed by atoms with Gasteiger partial charge in [-0.05, 0) is 22.3 Å². The lowest BCUT2D eigenvalue weighted by Gasteiger charge is -2.03. The van der Waals surface area contributed by atoms with Gasteiger partial charge in [0.25, 0.3) is 0 Å². The molecule has 1 heteroatoms. The lowest BCUT2D eigenvalue weighted by molar-refractivity contribution is -0.117. The van der Waals surface area contributed by atoms with Gasteiger partial charge >= 0.3 is 0 Å². The molecule has 0 saturated heterocycles. The molecular formula is C19H18O. The van der Waals surface area contributed by atoms with Crippen LogP contribution in [0.25, 0.3) is 12.2 Å². The number of hydrogen-bond acceptors (Lipinski definition) is 1. The Labute approximate surface area is 120 Å². The molecule has 1 nitrogen and oxygen atoms in total. The normalized spacial score (nSPS) is 10.0. The van der Waals surface area contributed by atoms with Gasteiger partial charge in [-0.3, -0.25) is 4.79 Å². The quantitative estimate of drug-likeness (QED) is 0.757. The van der Waals surface area contributed by atoms with Crippen molar-refractivity contribution in [3.05, 3.63) is 83.9 Å². The molecule has 0 heterocycles. The Hall–Kier alpha value is -2.41. The van der Waals surface area contributed by atoms with Gasteiger partial charge in [0.15, 0.2) is 0 Å². The summed E-state index contributed by atoms with van der Waals surface area (Å²) in [6, 6.07) is 15.9. The van der Waals surface area contributed by atoms with E-state index in [-0.39, 0.29) is 5.78 Å². The van der Waals surface area contributed by atoms with Crippen molar-refractivity contribution in [2.75, 3.05) is 0 Å². The van der Waals surface area contributed by atoms with Crippen LogP contribution < -0.4 is 0 Å². The topological polar surface area (TPSA) is 17.1 Å². The average molecular weight is 262 g/mol. The van der Waals surface area contributed by atoms with E-state index in [0.29, 0.717) is 12.8 Å². The molecule has 100 valence electrons. The number of carbonyl (C=O) groups is 1. The van der Waals surface area contributed by atoms with Crippen LogP contribution in [-0.4, -0.2) is 5.78 Å². The molecule has 20 heavy (non-hydrogen) atoms. The molecule has 2 rings (SSSR count). The maximum absolute atomic E-state index is 12.1. The first-order valence-electron chi connectivity index (χ1n) is 6.65. The highest BCUT2D eigenvalue weighted by Gasteiger charge is 2.05. The molecule has 0 N–H and O–H groups in total. The van der Waals surface area contributed by atoms with Crippen LogP contribution in [0.2, 0.25) is 0 Å². The summed E-state index contributed by atoms with van der Waals surface area (Å²) < 4.78 is 0. The molecule has 0 aliphatic heterocycles. The van der Waals surface area contributed by atoms with E-state index in [1.54, 1.807) is 12.2 Å². The predicted octanol–water partition coefficient (Wildman–Crippen LogP) is 4.33. The molecule has 2 aromatic rings. The first kappa shape index (κ1) is 14.0. The maximum Gasteiger partial charge on any atom is 0.141 e. The lowest BCUT2D eigenvalue weighted by Crippen LogP contribution is -2.06. The van der Waals surface area contributed by atoms with Gasteiger partial charge in [0.1, 0.15) is 5.78 Å². The number of rotatable bonds is 6. The van der Waals surface area contributed by atoms with Crippen LogP contribution in [0.1, 0.15) is 22.3 Å². The molecule has 0 aliphatic carbocycles. The highest BCUT2D eigenvalue weighted by atomic mass is 16.1. The van der Waals surface area contributed by atoms with Crippen LogP contribution in [0, 0.1) is 0 Å². The molecule has 0 spiro atoms. The summed E-state index contributed by atoms with van der Waals surface area (Å²) in [5, 5.41) is 0. The van der Waals surface area contributed by atoms with Gasteiger partial charge in [-0.1, -0.05) is 73.8 Å². The van der Waals surface area contributed by atoms with Gasteiger partial charge in [0, 0.05) is 12.8 Å². The number of carbonyl (C=O) groups excluding carboxylic acids is 1. The summed E-state index contributed by atoms with van der Waals surface area (Å²) in [5.74, 6) is 0.225. The Morgan fingerprint density at radius 1 is 0.750 bits per heavy atom. The van der Waals surface area contributed by atoms with Crippen molar-refractivity contribution in [1.82, 2.24) is 0 Å². The summed E-state index contributed by atoms with van der Waals surface area (Å²) in [4.78, 5) is 12.1. The van der Waals surface area contributed by atoms with E-state index < -0.39 is 0 Å². The Balaban J connectivity index is 1.96. The third-order valence-electron chi connectivity index (χ3n) is 3.23. The monoisotopic (exact) mass is 262 g/mol. The predicted molar refractivity (Wildman–Crippen MR) is 85.5 cm³/mol. The standard InChI is InChI=1S/C19H18O/c1-3-15-5-9-17(10-6-15)13-19(20)14-18-11-7-16(4-2)8-12-18/h3-12H,1-2,13-14H2. The van der Waals surface area contributed by atoms with Crippen molar-refractivity contribution in [2.45, 2.75) is 12.8 Å². The first-order chi connectivity index (χ1) is 9.71. The molecule has 0 radical (unpaired) electrons. The van der Waals surface area contributed by atoms with E-state index in [2.05, 4.69) is 13.2 Å². The molecule has 0 amide bonds. The Kier molecular flexibility index (Phi) is 4.67. The smallest absolute Gasteiger partial charge is 0.141 e. The zero-order chi connectivity index (χ0) is 14.4. The second kappa shape index (κ2) is 6.67. The van der Waals surface area contributed by atoms with Crippen LogP contribution in [-0.2, 0) is 17.6 Å². The maximum atomic E-state index is 12.1. The van der Waals surface area contributed by atoms with Gasteiger partial charge in [0.2, 0.25) is 0 Å².